The van der Waals surface area contributed by atoms with Gasteiger partial charge in [-0.15, -0.1) is 0 Å². The molecule has 0 aliphatic carbocycles. The molecule has 0 aliphatic rings. The second-order valence-corrected chi connectivity index (χ2v) is 17.6. The van der Waals surface area contributed by atoms with Gasteiger partial charge in [-0.2, -0.15) is 5.26 Å². The number of para-hydroxylation sites is 10. The molecule has 73 heavy (non-hydrogen) atoms. The summed E-state index contributed by atoms with van der Waals surface area (Å²) in [5.41, 5.74) is -2.22. The monoisotopic (exact) mass is 948 g/mol. The van der Waals surface area contributed by atoms with Crippen molar-refractivity contribution in [3.8, 4) is 34.5 Å². The number of nitriles is 1. The summed E-state index contributed by atoms with van der Waals surface area (Å²) < 4.78 is 200. The van der Waals surface area contributed by atoms with Crippen LogP contribution >= 0.6 is 0 Å². The minimum absolute atomic E-state index is 0.0295. The maximum atomic E-state index is 13.2. The Morgan fingerprint density at radius 2 is 0.452 bits per heavy atom. The average Bonchev–Trinajstić information content (AvgIpc) is 1.55. The minimum Gasteiger partial charge on any atom is -0.306 e. The van der Waals surface area contributed by atoms with Crippen molar-refractivity contribution < 1.29 is 27.4 Å². The Hall–Kier alpha value is -10.1. The molecule has 0 saturated heterocycles. The van der Waals surface area contributed by atoms with E-state index in [-0.39, 0.29) is 137 Å². The molecule has 0 bridgehead atoms. The van der Waals surface area contributed by atoms with Gasteiger partial charge < -0.3 is 22.8 Å². The summed E-state index contributed by atoms with van der Waals surface area (Å²) in [4.78, 5) is 0. The minimum atomic E-state index is -0.706. The Morgan fingerprint density at radius 3 is 0.699 bits per heavy atom. The summed E-state index contributed by atoms with van der Waals surface area (Å²) >= 11 is 0. The van der Waals surface area contributed by atoms with E-state index in [1.165, 1.54) is 22.8 Å². The van der Waals surface area contributed by atoms with Crippen molar-refractivity contribution in [3.05, 3.63) is 248 Å². The van der Waals surface area contributed by atoms with Crippen LogP contribution in [0, 0.1) is 11.3 Å². The fourth-order valence-electron chi connectivity index (χ4n) is 11.4. The van der Waals surface area contributed by atoms with Crippen LogP contribution < -0.4 is 0 Å². The lowest BCUT2D eigenvalue weighted by atomic mass is 10.0. The Balaban J connectivity index is 1.39. The van der Waals surface area contributed by atoms with E-state index in [1.807, 2.05) is 0 Å². The molecule has 0 N–H and O–H groups in total. The third kappa shape index (κ3) is 5.24. The first-order valence-corrected chi connectivity index (χ1v) is 23.2. The van der Waals surface area contributed by atoms with Crippen LogP contribution in [0.5, 0.6) is 0 Å². The highest BCUT2D eigenvalue weighted by Crippen LogP contribution is 2.51. The van der Waals surface area contributed by atoms with Crippen LogP contribution in [-0.4, -0.2) is 22.8 Å². The van der Waals surface area contributed by atoms with Crippen molar-refractivity contribution >= 4 is 109 Å². The molecule has 0 saturated carbocycles. The lowest BCUT2D eigenvalue weighted by Gasteiger charge is -2.30. The zero-order valence-electron chi connectivity index (χ0n) is 57.7. The van der Waals surface area contributed by atoms with E-state index in [0.717, 1.165) is 0 Å². The van der Waals surface area contributed by atoms with E-state index in [2.05, 4.69) is 6.07 Å². The highest BCUT2D eigenvalue weighted by atomic mass is 15.2. The molecule has 0 atom stereocenters. The van der Waals surface area contributed by atoms with Crippen LogP contribution in [0.2, 0.25) is 0 Å². The highest BCUT2D eigenvalue weighted by molar-refractivity contribution is 6.18. The molecule has 0 unspecified atom stereocenters. The molecular weight excluding hydrogens is 889 g/mol. The zero-order valence-corrected chi connectivity index (χ0v) is 37.7. The Labute approximate surface area is 445 Å². The Morgan fingerprint density at radius 1 is 0.247 bits per heavy atom. The van der Waals surface area contributed by atoms with Gasteiger partial charge in [-0.25, -0.2) is 0 Å². The van der Waals surface area contributed by atoms with Crippen LogP contribution in [0.15, 0.2) is 242 Å². The van der Waals surface area contributed by atoms with E-state index >= 15 is 0 Å². The fraction of sp³-hybridized carbons (Fsp3) is 0. The second kappa shape index (κ2) is 15.0. The largest absolute Gasteiger partial charge is 0.306 e. The van der Waals surface area contributed by atoms with Crippen LogP contribution in [0.4, 0.5) is 0 Å². The predicted octanol–water partition coefficient (Wildman–Crippen LogP) is 17.0. The molecule has 0 fully saturated rings. The fourth-order valence-corrected chi connectivity index (χ4v) is 11.4. The topological polar surface area (TPSA) is 48.4 Å². The number of benzene rings is 11. The molecule has 16 rings (SSSR count). The highest BCUT2D eigenvalue weighted by Gasteiger charge is 2.36. The lowest BCUT2D eigenvalue weighted by Crippen LogP contribution is -2.18. The standard InChI is InChI=1S/C67H40N6/c68-41-52-63(69-53-31-11-1-21-42(53)43-22-2-12-32-54(43)69)65(71-57-35-15-5-25-46(57)47-26-6-16-36-58(47)71)67(73-61-39-19-9-29-50(61)51-30-10-20-40-62(51)73)66(72-59-37-17-7-27-48(59)49-28-8-18-38-60(49)72)64(52)70-55-33-13-3-23-44(55)45-24-4-14-34-56(45)70/h1-40H/i1D,3D,5D,7D,9D,11D,13D,15D,17D,19D,21D,23D,25D,27D,29D,31D,33D,35D,37D,39D. The van der Waals surface area contributed by atoms with Gasteiger partial charge in [0.05, 0.1) is 111 Å². The molecule has 0 amide bonds. The summed E-state index contributed by atoms with van der Waals surface area (Å²) in [6, 6.07) is 23.3. The molecule has 16 aromatic rings. The first kappa shape index (κ1) is 25.2. The number of nitrogens with zero attached hydrogens (tertiary/aromatic N) is 6. The smallest absolute Gasteiger partial charge is 0.105 e. The normalized spacial score (nSPS) is 15.9. The van der Waals surface area contributed by atoms with Gasteiger partial charge in [0.1, 0.15) is 11.6 Å². The summed E-state index contributed by atoms with van der Waals surface area (Å²) in [7, 11) is 0. The van der Waals surface area contributed by atoms with Gasteiger partial charge in [0.15, 0.2) is 0 Å². The number of rotatable bonds is 5. The van der Waals surface area contributed by atoms with Crippen molar-refractivity contribution in [1.82, 2.24) is 22.8 Å². The molecule has 0 aliphatic heterocycles. The first-order valence-electron chi connectivity index (χ1n) is 33.2. The van der Waals surface area contributed by atoms with Crippen LogP contribution in [0.25, 0.3) is 137 Å². The van der Waals surface area contributed by atoms with Crippen LogP contribution in [0.1, 0.15) is 33.0 Å². The number of hydrogen-bond donors (Lipinski definition) is 0. The summed E-state index contributed by atoms with van der Waals surface area (Å²) in [6.45, 7) is 0. The molecule has 6 heteroatoms. The van der Waals surface area contributed by atoms with Crippen molar-refractivity contribution in [2.45, 2.75) is 0 Å². The summed E-state index contributed by atoms with van der Waals surface area (Å²) in [5.74, 6) is 0. The SMILES string of the molecule is [2H]c1c([2H])c([2H])c2c(c1[2H])c1ccccc1n2-c1c(C#N)c(-n2c3ccccc3c3c([2H])c([2H])c([2H])c([2H])c32)c(-n2c3ccccc3c3c([2H])c([2H])c([2H])c([2H])c32)c(-n2c3ccccc3c3c([2H])c([2H])c([2H])c([2H])c32)c1-n1c2ccccc2c2c([2H])c([2H])c([2H])c([2H])c21. The van der Waals surface area contributed by atoms with Gasteiger partial charge >= 0.3 is 0 Å². The number of aromatic nitrogens is 5. The number of fused-ring (bicyclic) bond motifs is 15. The van der Waals surface area contributed by atoms with Crippen LogP contribution in [0.3, 0.4) is 0 Å². The van der Waals surface area contributed by atoms with Gasteiger partial charge in [-0.05, 0) is 60.5 Å². The van der Waals surface area contributed by atoms with Gasteiger partial charge in [-0.3, -0.25) is 0 Å². The van der Waals surface area contributed by atoms with E-state index in [0.29, 0.717) is 0 Å². The van der Waals surface area contributed by atoms with E-state index in [9.17, 15) is 29.9 Å². The summed E-state index contributed by atoms with van der Waals surface area (Å²) in [5, 5.41) is 14.2. The van der Waals surface area contributed by atoms with Crippen molar-refractivity contribution in [2.75, 3.05) is 0 Å². The predicted molar refractivity (Wildman–Crippen MR) is 303 cm³/mol. The van der Waals surface area contributed by atoms with E-state index in [1.54, 1.807) is 121 Å². The lowest BCUT2D eigenvalue weighted by molar-refractivity contribution is 0.992. The molecule has 0 radical (unpaired) electrons. The second-order valence-electron chi connectivity index (χ2n) is 17.6. The van der Waals surface area contributed by atoms with Crippen LogP contribution in [-0.2, 0) is 0 Å². The van der Waals surface area contributed by atoms with Gasteiger partial charge in [0.25, 0.3) is 0 Å². The van der Waals surface area contributed by atoms with Gasteiger partial charge in [0.2, 0.25) is 0 Å². The quantitative estimate of drug-likeness (QED) is 0.170. The molecule has 5 aromatic heterocycles. The first-order chi connectivity index (χ1) is 44.6. The molecular formula is C67H40N6. The Bertz CT molecular complexity index is 5980. The number of hydrogen-bond acceptors (Lipinski definition) is 1. The molecule has 11 aromatic carbocycles. The zero-order chi connectivity index (χ0) is 65.3. The molecule has 0 spiro atoms. The van der Waals surface area contributed by atoms with Crippen molar-refractivity contribution in [1.29, 1.82) is 5.26 Å². The maximum Gasteiger partial charge on any atom is 0.105 e. The average molecular weight is 949 g/mol. The van der Waals surface area contributed by atoms with Crippen molar-refractivity contribution in [2.24, 2.45) is 0 Å². The van der Waals surface area contributed by atoms with Crippen molar-refractivity contribution in [3.63, 3.8) is 0 Å². The van der Waals surface area contributed by atoms with Gasteiger partial charge in [-0.1, -0.05) is 182 Å². The third-order valence-corrected chi connectivity index (χ3v) is 14.1. The molecule has 5 heterocycles. The van der Waals surface area contributed by atoms with E-state index in [4.69, 9.17) is 2.74 Å². The summed E-state index contributed by atoms with van der Waals surface area (Å²) in [6.07, 6.45) is 0. The molecule has 338 valence electrons. The maximum absolute atomic E-state index is 13.2. The Kier molecular flexibility index (Phi) is 5.15. The van der Waals surface area contributed by atoms with E-state index < -0.39 is 126 Å². The third-order valence-electron chi connectivity index (χ3n) is 14.1. The van der Waals surface area contributed by atoms with Gasteiger partial charge in [0, 0.05) is 53.9 Å². The molecule has 6 nitrogen and oxygen atoms in total.